The number of hydrogen-bond donors (Lipinski definition) is 3. The molecule has 256 valence electrons. The van der Waals surface area contributed by atoms with Crippen LogP contribution in [0.15, 0.2) is 30.3 Å². The molecule has 0 radical (unpaired) electrons. The molecule has 3 N–H and O–H groups in total. The van der Waals surface area contributed by atoms with E-state index >= 15 is 0 Å². The summed E-state index contributed by atoms with van der Waals surface area (Å²) in [6.45, 7) is 15.0. The molecule has 6 aliphatic rings. The van der Waals surface area contributed by atoms with Gasteiger partial charge in [0.1, 0.15) is 11.5 Å². The predicted molar refractivity (Wildman–Crippen MR) is 178 cm³/mol. The third kappa shape index (κ3) is 4.44. The third-order valence-electron chi connectivity index (χ3n) is 15.5. The Kier molecular flexibility index (Phi) is 7.55. The first kappa shape index (κ1) is 33.3. The molecule has 5 aliphatic carbocycles. The van der Waals surface area contributed by atoms with Gasteiger partial charge in [0.05, 0.1) is 29.5 Å². The Morgan fingerprint density at radius 2 is 1.65 bits per heavy atom. The maximum atomic E-state index is 13.3. The zero-order valence-corrected chi connectivity index (χ0v) is 29.8. The molecule has 1 aromatic carbocycles. The molecule has 1 aliphatic heterocycles. The van der Waals surface area contributed by atoms with Gasteiger partial charge in [0.25, 0.3) is 0 Å². The second-order valence-corrected chi connectivity index (χ2v) is 19.0. The zero-order valence-electron chi connectivity index (χ0n) is 29.0. The van der Waals surface area contributed by atoms with Gasteiger partial charge in [-0.1, -0.05) is 58.0 Å². The lowest BCUT2D eigenvalue weighted by Crippen LogP contribution is -2.62. The minimum Gasteiger partial charge on any atom is -0.461 e. The van der Waals surface area contributed by atoms with Crippen LogP contribution in [0.1, 0.15) is 112 Å². The van der Waals surface area contributed by atoms with Gasteiger partial charge in [-0.2, -0.15) is 0 Å². The SMILES string of the molecule is CC(C)(O)[C@@H]1CC[C@](C)([C@H]2[C@@H](O)C[C@@]3(C)C4C[C@H](O)[C@H]5C(C)(C)[C@@H](OC(=O)[C@H](Cl)Cc6ccccc6)CC[C@@]56CC46CC[C@]23C)O1. The molecule has 0 amide bonds. The number of alkyl halides is 1. The van der Waals surface area contributed by atoms with Crippen LogP contribution in [0.5, 0.6) is 0 Å². The fraction of sp³-hybridized carbons (Fsp3) is 0.821. The fourth-order valence-corrected chi connectivity index (χ4v) is 13.7. The van der Waals surface area contributed by atoms with Gasteiger partial charge in [-0.05, 0) is 124 Å². The van der Waals surface area contributed by atoms with Crippen LogP contribution in [-0.2, 0) is 20.7 Å². The average molecular weight is 657 g/mol. The molecule has 1 aromatic rings. The number of hydrogen-bond acceptors (Lipinski definition) is 6. The van der Waals surface area contributed by atoms with Crippen LogP contribution in [0.4, 0.5) is 0 Å². The Balaban J connectivity index is 1.12. The van der Waals surface area contributed by atoms with E-state index in [-0.39, 0.29) is 57.1 Å². The van der Waals surface area contributed by atoms with Gasteiger partial charge < -0.3 is 24.8 Å². The Morgan fingerprint density at radius 3 is 2.30 bits per heavy atom. The summed E-state index contributed by atoms with van der Waals surface area (Å²) in [7, 11) is 0. The van der Waals surface area contributed by atoms with E-state index in [1.807, 2.05) is 44.2 Å². The second-order valence-electron chi connectivity index (χ2n) is 18.5. The van der Waals surface area contributed by atoms with E-state index in [9.17, 15) is 20.1 Å². The first-order valence-corrected chi connectivity index (χ1v) is 18.4. The number of halogens is 1. The van der Waals surface area contributed by atoms with Crippen molar-refractivity contribution >= 4 is 17.6 Å². The molecule has 1 saturated heterocycles. The zero-order chi connectivity index (χ0) is 33.3. The summed E-state index contributed by atoms with van der Waals surface area (Å²) >= 11 is 6.59. The topological polar surface area (TPSA) is 96.2 Å². The molecule has 2 unspecified atom stereocenters. The summed E-state index contributed by atoms with van der Waals surface area (Å²) in [5.41, 5.74) is -0.903. The molecule has 0 bridgehead atoms. The van der Waals surface area contributed by atoms with Crippen LogP contribution >= 0.6 is 11.6 Å². The highest BCUT2D eigenvalue weighted by molar-refractivity contribution is 6.30. The molecular formula is C39H57ClO6. The van der Waals surface area contributed by atoms with Crippen molar-refractivity contribution in [2.75, 3.05) is 0 Å². The minimum atomic E-state index is -0.919. The van der Waals surface area contributed by atoms with Crippen molar-refractivity contribution in [1.29, 1.82) is 0 Å². The molecule has 7 rings (SSSR count). The summed E-state index contributed by atoms with van der Waals surface area (Å²) in [4.78, 5) is 13.3. The van der Waals surface area contributed by atoms with E-state index in [4.69, 9.17) is 21.1 Å². The van der Waals surface area contributed by atoms with E-state index in [2.05, 4.69) is 34.6 Å². The number of fused-ring (bicyclic) bond motifs is 2. The smallest absolute Gasteiger partial charge is 0.324 e. The number of aliphatic hydroxyl groups is 3. The Labute approximate surface area is 281 Å². The highest BCUT2D eigenvalue weighted by Crippen LogP contribution is 2.89. The maximum absolute atomic E-state index is 13.3. The standard InChI is InChI=1S/C39H57ClO6/c1-33(2)28(45-32(43)24(40)19-23-11-9-8-10-12-23)14-16-39-22-38(39)18-17-35(5)31(37(7)15-13-29(46-37)34(3,4)44)26(42)21-36(35,6)27(38)20-25(41)30(33)39/h8-12,24-31,41-42,44H,13-22H2,1-7H3/t24-,25+,26+,27?,28+,29+,30+,31+,35-,36+,37-,38?,39-/m1/s1. The van der Waals surface area contributed by atoms with Crippen LogP contribution < -0.4 is 0 Å². The van der Waals surface area contributed by atoms with Gasteiger partial charge in [0.15, 0.2) is 0 Å². The van der Waals surface area contributed by atoms with Gasteiger partial charge >= 0.3 is 5.97 Å². The molecule has 46 heavy (non-hydrogen) atoms. The number of carbonyl (C=O) groups excluding carboxylic acids is 1. The summed E-state index contributed by atoms with van der Waals surface area (Å²) in [6.07, 6.45) is 6.98. The van der Waals surface area contributed by atoms with E-state index in [0.717, 1.165) is 63.4 Å². The lowest BCUT2D eigenvalue weighted by atomic mass is 9.41. The second kappa shape index (κ2) is 10.4. The molecule has 13 atom stereocenters. The van der Waals surface area contributed by atoms with Crippen molar-refractivity contribution < 1.29 is 29.6 Å². The predicted octanol–water partition coefficient (Wildman–Crippen LogP) is 6.84. The normalized spacial score (nSPS) is 49.7. The number of rotatable bonds is 6. The van der Waals surface area contributed by atoms with Gasteiger partial charge in [-0.3, -0.25) is 4.79 Å². The molecule has 1 heterocycles. The van der Waals surface area contributed by atoms with Crippen LogP contribution in [0.2, 0.25) is 0 Å². The largest absolute Gasteiger partial charge is 0.461 e. The van der Waals surface area contributed by atoms with Crippen molar-refractivity contribution in [1.82, 2.24) is 0 Å². The van der Waals surface area contributed by atoms with Gasteiger partial charge in [-0.15, -0.1) is 11.6 Å². The van der Waals surface area contributed by atoms with Crippen molar-refractivity contribution in [3.63, 3.8) is 0 Å². The van der Waals surface area contributed by atoms with E-state index in [0.29, 0.717) is 12.3 Å². The van der Waals surface area contributed by atoms with Gasteiger partial charge in [0, 0.05) is 11.3 Å². The van der Waals surface area contributed by atoms with Crippen molar-refractivity contribution in [3.8, 4) is 0 Å². The third-order valence-corrected chi connectivity index (χ3v) is 15.8. The number of ether oxygens (including phenoxy) is 2. The summed E-state index contributed by atoms with van der Waals surface area (Å²) in [5.74, 6) is -0.0309. The number of benzene rings is 1. The van der Waals surface area contributed by atoms with Crippen molar-refractivity contribution in [2.45, 2.75) is 154 Å². The van der Waals surface area contributed by atoms with Crippen LogP contribution in [-0.4, -0.2) is 62.3 Å². The van der Waals surface area contributed by atoms with Crippen molar-refractivity contribution in [2.24, 2.45) is 44.8 Å². The summed E-state index contributed by atoms with van der Waals surface area (Å²) in [5, 5.41) is 34.1. The number of carbonyl (C=O) groups is 1. The molecule has 6 nitrogen and oxygen atoms in total. The van der Waals surface area contributed by atoms with Crippen LogP contribution in [0.3, 0.4) is 0 Å². The summed E-state index contributed by atoms with van der Waals surface area (Å²) in [6, 6.07) is 9.82. The lowest BCUT2D eigenvalue weighted by molar-refractivity contribution is -0.218. The first-order valence-electron chi connectivity index (χ1n) is 18.0. The molecular weight excluding hydrogens is 600 g/mol. The monoisotopic (exact) mass is 656 g/mol. The Bertz CT molecular complexity index is 1360. The Hall–Kier alpha value is -1.18. The molecule has 5 saturated carbocycles. The number of esters is 1. The lowest BCUT2D eigenvalue weighted by Gasteiger charge is -2.64. The first-order chi connectivity index (χ1) is 21.3. The summed E-state index contributed by atoms with van der Waals surface area (Å²) < 4.78 is 12.9. The highest BCUT2D eigenvalue weighted by Gasteiger charge is 2.85. The van der Waals surface area contributed by atoms with E-state index < -0.39 is 28.8 Å². The average Bonchev–Trinajstić information content (AvgIpc) is 3.32. The quantitative estimate of drug-likeness (QED) is 0.229. The molecule has 6 fully saturated rings. The van der Waals surface area contributed by atoms with Crippen LogP contribution in [0.25, 0.3) is 0 Å². The molecule has 0 aromatic heterocycles. The van der Waals surface area contributed by atoms with E-state index in [1.54, 1.807) is 0 Å². The van der Waals surface area contributed by atoms with Crippen LogP contribution in [0, 0.1) is 44.8 Å². The maximum Gasteiger partial charge on any atom is 0.324 e. The number of aliphatic hydroxyl groups excluding tert-OH is 2. The molecule has 7 heteroatoms. The van der Waals surface area contributed by atoms with Crippen molar-refractivity contribution in [3.05, 3.63) is 35.9 Å². The van der Waals surface area contributed by atoms with Gasteiger partial charge in [0.2, 0.25) is 0 Å². The van der Waals surface area contributed by atoms with Gasteiger partial charge in [-0.25, -0.2) is 0 Å². The Morgan fingerprint density at radius 1 is 0.957 bits per heavy atom. The molecule has 2 spiro atoms. The minimum absolute atomic E-state index is 0.0229. The highest BCUT2D eigenvalue weighted by atomic mass is 35.5. The van der Waals surface area contributed by atoms with E-state index in [1.165, 1.54) is 0 Å². The fourth-order valence-electron chi connectivity index (χ4n) is 13.4.